The van der Waals surface area contributed by atoms with Gasteiger partial charge in [0.15, 0.2) is 0 Å². The Labute approximate surface area is 120 Å². The highest BCUT2D eigenvalue weighted by atomic mass is 79.9. The number of hydrogen-bond acceptors (Lipinski definition) is 2. The summed E-state index contributed by atoms with van der Waals surface area (Å²) in [6.07, 6.45) is 3.89. The molecule has 96 valence electrons. The number of halogens is 1. The van der Waals surface area contributed by atoms with Gasteiger partial charge in [-0.1, -0.05) is 34.1 Å². The van der Waals surface area contributed by atoms with Crippen LogP contribution in [0.4, 0.5) is 0 Å². The Hall–Kier alpha value is -1.65. The minimum absolute atomic E-state index is 0.823. The normalized spacial score (nSPS) is 11.0. The molecule has 0 fully saturated rings. The first-order valence-electron chi connectivity index (χ1n) is 6.19. The second kappa shape index (κ2) is 5.55. The van der Waals surface area contributed by atoms with Crippen LogP contribution in [-0.2, 0) is 13.1 Å². The molecular formula is C15H14BrN3. The maximum atomic E-state index is 4.33. The summed E-state index contributed by atoms with van der Waals surface area (Å²) in [5.74, 6) is 0. The third-order valence-corrected chi connectivity index (χ3v) is 3.59. The molecule has 4 heteroatoms. The molecule has 0 spiro atoms. The summed E-state index contributed by atoms with van der Waals surface area (Å²) in [5.41, 5.74) is 3.66. The molecule has 0 aliphatic carbocycles. The monoisotopic (exact) mass is 315 g/mol. The third-order valence-electron chi connectivity index (χ3n) is 3.06. The van der Waals surface area contributed by atoms with Crippen molar-refractivity contribution in [1.82, 2.24) is 14.9 Å². The Balaban J connectivity index is 1.65. The predicted molar refractivity (Wildman–Crippen MR) is 79.9 cm³/mol. The van der Waals surface area contributed by atoms with E-state index in [1.165, 1.54) is 11.1 Å². The summed E-state index contributed by atoms with van der Waals surface area (Å²) in [7, 11) is 0. The van der Waals surface area contributed by atoms with Crippen LogP contribution in [0.2, 0.25) is 0 Å². The van der Waals surface area contributed by atoms with E-state index in [4.69, 9.17) is 0 Å². The smallest absolute Gasteiger partial charge is 0.0706 e. The zero-order chi connectivity index (χ0) is 13.1. The standard InChI is InChI=1S/C15H14BrN3/c16-14-6-4-12(5-7-14)9-17-10-13-11-18-19-8-2-1-3-15(13)19/h1-8,11,17H,9-10H2. The SMILES string of the molecule is Brc1ccc(CNCc2cnn3ccccc23)cc1. The fraction of sp³-hybridized carbons (Fsp3) is 0.133. The number of rotatable bonds is 4. The molecule has 0 saturated heterocycles. The van der Waals surface area contributed by atoms with Crippen molar-refractivity contribution in [3.8, 4) is 0 Å². The second-order valence-corrected chi connectivity index (χ2v) is 5.35. The van der Waals surface area contributed by atoms with Crippen molar-refractivity contribution < 1.29 is 0 Å². The minimum Gasteiger partial charge on any atom is -0.308 e. The van der Waals surface area contributed by atoms with Gasteiger partial charge in [0.1, 0.15) is 0 Å². The van der Waals surface area contributed by atoms with Crippen LogP contribution >= 0.6 is 15.9 Å². The third kappa shape index (κ3) is 2.85. The van der Waals surface area contributed by atoms with E-state index in [2.05, 4.69) is 56.7 Å². The highest BCUT2D eigenvalue weighted by molar-refractivity contribution is 9.10. The molecular weight excluding hydrogens is 302 g/mol. The van der Waals surface area contributed by atoms with E-state index in [0.717, 1.165) is 23.1 Å². The number of nitrogens with one attached hydrogen (secondary N) is 1. The zero-order valence-corrected chi connectivity index (χ0v) is 12.0. The summed E-state index contributed by atoms with van der Waals surface area (Å²) < 4.78 is 3.01. The van der Waals surface area contributed by atoms with E-state index >= 15 is 0 Å². The quantitative estimate of drug-likeness (QED) is 0.799. The Bertz CT molecular complexity index is 673. The van der Waals surface area contributed by atoms with Gasteiger partial charge in [0, 0.05) is 29.3 Å². The molecule has 0 aliphatic heterocycles. The summed E-state index contributed by atoms with van der Waals surface area (Å²) in [6, 6.07) is 14.5. The van der Waals surface area contributed by atoms with Crippen LogP contribution in [0.3, 0.4) is 0 Å². The second-order valence-electron chi connectivity index (χ2n) is 4.43. The topological polar surface area (TPSA) is 29.3 Å². The molecule has 0 amide bonds. The molecule has 0 radical (unpaired) electrons. The molecule has 0 bridgehead atoms. The first kappa shape index (κ1) is 12.4. The lowest BCUT2D eigenvalue weighted by Gasteiger charge is -2.04. The van der Waals surface area contributed by atoms with Gasteiger partial charge in [-0.25, -0.2) is 4.52 Å². The van der Waals surface area contributed by atoms with E-state index in [1.54, 1.807) is 0 Å². The highest BCUT2D eigenvalue weighted by Crippen LogP contribution is 2.12. The molecule has 0 atom stereocenters. The molecule has 3 aromatic rings. The van der Waals surface area contributed by atoms with Crippen LogP contribution in [0.15, 0.2) is 59.3 Å². The van der Waals surface area contributed by atoms with Crippen molar-refractivity contribution in [2.24, 2.45) is 0 Å². The molecule has 0 aliphatic rings. The minimum atomic E-state index is 0.823. The Morgan fingerprint density at radius 3 is 2.74 bits per heavy atom. The van der Waals surface area contributed by atoms with Crippen LogP contribution in [0.1, 0.15) is 11.1 Å². The molecule has 2 heterocycles. The van der Waals surface area contributed by atoms with Crippen LogP contribution in [0, 0.1) is 0 Å². The number of aromatic nitrogens is 2. The Morgan fingerprint density at radius 1 is 1.05 bits per heavy atom. The molecule has 2 aromatic heterocycles. The summed E-state index contributed by atoms with van der Waals surface area (Å²) in [4.78, 5) is 0. The van der Waals surface area contributed by atoms with E-state index in [0.29, 0.717) is 0 Å². The maximum absolute atomic E-state index is 4.33. The predicted octanol–water partition coefficient (Wildman–Crippen LogP) is 3.39. The first-order chi connectivity index (χ1) is 9.33. The number of fused-ring (bicyclic) bond motifs is 1. The lowest BCUT2D eigenvalue weighted by atomic mass is 10.2. The Kier molecular flexibility index (Phi) is 3.62. The van der Waals surface area contributed by atoms with Gasteiger partial charge in [0.2, 0.25) is 0 Å². The number of pyridine rings is 1. The Morgan fingerprint density at radius 2 is 1.89 bits per heavy atom. The fourth-order valence-corrected chi connectivity index (χ4v) is 2.33. The van der Waals surface area contributed by atoms with Crippen molar-refractivity contribution in [1.29, 1.82) is 0 Å². The number of benzene rings is 1. The fourth-order valence-electron chi connectivity index (χ4n) is 2.07. The molecule has 1 N–H and O–H groups in total. The van der Waals surface area contributed by atoms with E-state index in [1.807, 2.05) is 29.0 Å². The van der Waals surface area contributed by atoms with E-state index in [-0.39, 0.29) is 0 Å². The average Bonchev–Trinajstić information content (AvgIpc) is 2.85. The summed E-state index contributed by atoms with van der Waals surface area (Å²) in [5, 5.41) is 7.77. The van der Waals surface area contributed by atoms with Gasteiger partial charge in [-0.3, -0.25) is 0 Å². The van der Waals surface area contributed by atoms with Crippen LogP contribution in [0.5, 0.6) is 0 Å². The highest BCUT2D eigenvalue weighted by Gasteiger charge is 2.02. The summed E-state index contributed by atoms with van der Waals surface area (Å²) >= 11 is 3.44. The average molecular weight is 316 g/mol. The lowest BCUT2D eigenvalue weighted by Crippen LogP contribution is -2.12. The molecule has 0 unspecified atom stereocenters. The van der Waals surface area contributed by atoms with Gasteiger partial charge in [0.05, 0.1) is 11.7 Å². The van der Waals surface area contributed by atoms with Gasteiger partial charge < -0.3 is 5.32 Å². The maximum Gasteiger partial charge on any atom is 0.0706 e. The first-order valence-corrected chi connectivity index (χ1v) is 6.98. The zero-order valence-electron chi connectivity index (χ0n) is 10.4. The van der Waals surface area contributed by atoms with Gasteiger partial charge in [-0.2, -0.15) is 5.10 Å². The van der Waals surface area contributed by atoms with E-state index < -0.39 is 0 Å². The van der Waals surface area contributed by atoms with Gasteiger partial charge in [-0.05, 0) is 29.8 Å². The van der Waals surface area contributed by atoms with Gasteiger partial charge in [0.25, 0.3) is 0 Å². The van der Waals surface area contributed by atoms with Crippen LogP contribution in [-0.4, -0.2) is 9.61 Å². The molecule has 3 rings (SSSR count). The van der Waals surface area contributed by atoms with Gasteiger partial charge in [-0.15, -0.1) is 0 Å². The van der Waals surface area contributed by atoms with Crippen molar-refractivity contribution in [2.75, 3.05) is 0 Å². The molecule has 3 nitrogen and oxygen atoms in total. The molecule has 19 heavy (non-hydrogen) atoms. The summed E-state index contributed by atoms with van der Waals surface area (Å²) in [6.45, 7) is 1.68. The number of nitrogens with zero attached hydrogens (tertiary/aromatic N) is 2. The van der Waals surface area contributed by atoms with Crippen molar-refractivity contribution in [2.45, 2.75) is 13.1 Å². The number of hydrogen-bond donors (Lipinski definition) is 1. The molecule has 0 saturated carbocycles. The van der Waals surface area contributed by atoms with E-state index in [9.17, 15) is 0 Å². The van der Waals surface area contributed by atoms with Crippen molar-refractivity contribution in [3.05, 3.63) is 70.5 Å². The van der Waals surface area contributed by atoms with Gasteiger partial charge >= 0.3 is 0 Å². The molecule has 1 aromatic carbocycles. The van der Waals surface area contributed by atoms with Crippen molar-refractivity contribution >= 4 is 21.4 Å². The van der Waals surface area contributed by atoms with Crippen LogP contribution in [0.25, 0.3) is 5.52 Å². The largest absolute Gasteiger partial charge is 0.308 e. The van der Waals surface area contributed by atoms with Crippen LogP contribution < -0.4 is 5.32 Å². The lowest BCUT2D eigenvalue weighted by molar-refractivity contribution is 0.696. The van der Waals surface area contributed by atoms with Crippen molar-refractivity contribution in [3.63, 3.8) is 0 Å².